The minimum Gasteiger partial charge on any atom is -0.370 e. The molecule has 61 heavy (non-hydrogen) atoms. The highest BCUT2D eigenvalue weighted by Gasteiger charge is 2.42. The monoisotopic (exact) mass is 862 g/mol. The van der Waals surface area contributed by atoms with E-state index in [2.05, 4.69) is 36.9 Å². The molecule has 2 rings (SSSR count). The molecule has 0 radical (unpaired) electrons. The smallest absolute Gasteiger partial charge is 0.245 e. The molecule has 2 fully saturated rings. The number of guanidine groups is 1. The van der Waals surface area contributed by atoms with Crippen molar-refractivity contribution in [3.63, 3.8) is 0 Å². The van der Waals surface area contributed by atoms with Crippen LogP contribution in [0, 0.1) is 17.8 Å². The van der Waals surface area contributed by atoms with Gasteiger partial charge in [-0.1, -0.05) is 67.7 Å². The summed E-state index contributed by atoms with van der Waals surface area (Å²) in [5.74, 6) is -4.76. The van der Waals surface area contributed by atoms with Gasteiger partial charge in [-0.15, -0.1) is 0 Å². The van der Waals surface area contributed by atoms with Gasteiger partial charge in [0.15, 0.2) is 5.96 Å². The molecule has 10 N–H and O–H groups in total. The van der Waals surface area contributed by atoms with Crippen molar-refractivity contribution in [3.8, 4) is 0 Å². The molecule has 0 spiro atoms. The molecule has 0 saturated carbocycles. The third-order valence-electron chi connectivity index (χ3n) is 11.7. The fourth-order valence-corrected chi connectivity index (χ4v) is 7.78. The van der Waals surface area contributed by atoms with Crippen LogP contribution in [0.25, 0.3) is 0 Å². The van der Waals surface area contributed by atoms with Crippen LogP contribution in [0.1, 0.15) is 127 Å². The molecule has 19 nitrogen and oxygen atoms in total. The third kappa shape index (κ3) is 15.5. The van der Waals surface area contributed by atoms with E-state index in [9.17, 15) is 38.4 Å². The standard InChI is InChI=1S/C42H75N11O8/c1-10-17-28(49-38(58)33(25(7)11-2)51-39(59)34(26(8)12-3)50-37(57)32(24(5)6)47-27(9)54)40(60)53-23-16-20-31(53)36(56)48-29(18-14-21-46-42(43)44)41(61)52-22-15-19-30(52)35(55)45-13-4/h24-26,28-34H,10-23H2,1-9H3,(H,45,55)(H,47,54)(H,48,56)(H,49,58)(H,50,57)(H,51,59)(H4,43,44,46)/t25?,26-,28-,29-,30-,31-,32-,33+,34+/m0/s1. The normalized spacial score (nSPS) is 19.6. The maximum absolute atomic E-state index is 14.3. The second kappa shape index (κ2) is 25.7. The van der Waals surface area contributed by atoms with Crippen LogP contribution in [-0.4, -0.2) is 131 Å². The maximum Gasteiger partial charge on any atom is 0.245 e. The van der Waals surface area contributed by atoms with Crippen molar-refractivity contribution in [2.75, 3.05) is 26.2 Å². The summed E-state index contributed by atoms with van der Waals surface area (Å²) in [6.45, 7) is 17.1. The van der Waals surface area contributed by atoms with E-state index in [0.29, 0.717) is 64.5 Å². The lowest BCUT2D eigenvalue weighted by molar-refractivity contribution is -0.144. The molecule has 2 saturated heterocycles. The van der Waals surface area contributed by atoms with Crippen LogP contribution < -0.4 is 43.4 Å². The van der Waals surface area contributed by atoms with E-state index in [-0.39, 0.29) is 61.5 Å². The lowest BCUT2D eigenvalue weighted by atomic mass is 9.94. The van der Waals surface area contributed by atoms with Crippen LogP contribution in [0.2, 0.25) is 0 Å². The topological polar surface area (TPSA) is 280 Å². The molecule has 346 valence electrons. The Bertz CT molecular complexity index is 1550. The highest BCUT2D eigenvalue weighted by atomic mass is 16.2. The van der Waals surface area contributed by atoms with Crippen LogP contribution in [-0.2, 0) is 38.4 Å². The summed E-state index contributed by atoms with van der Waals surface area (Å²) in [7, 11) is 0. The van der Waals surface area contributed by atoms with Crippen molar-refractivity contribution < 1.29 is 38.4 Å². The predicted molar refractivity (Wildman–Crippen MR) is 232 cm³/mol. The van der Waals surface area contributed by atoms with E-state index in [1.165, 1.54) is 16.7 Å². The zero-order valence-electron chi connectivity index (χ0n) is 37.9. The molecule has 0 aromatic carbocycles. The third-order valence-corrected chi connectivity index (χ3v) is 11.7. The van der Waals surface area contributed by atoms with Crippen molar-refractivity contribution in [2.24, 2.45) is 34.2 Å². The Morgan fingerprint density at radius 2 is 1.11 bits per heavy atom. The van der Waals surface area contributed by atoms with Gasteiger partial charge in [0.05, 0.1) is 0 Å². The summed E-state index contributed by atoms with van der Waals surface area (Å²) in [5, 5.41) is 16.8. The molecule has 8 amide bonds. The van der Waals surface area contributed by atoms with Crippen molar-refractivity contribution in [3.05, 3.63) is 0 Å². The molecular weight excluding hydrogens is 787 g/mol. The number of carbonyl (C=O) groups is 8. The summed E-state index contributed by atoms with van der Waals surface area (Å²) in [6.07, 6.45) is 4.33. The van der Waals surface area contributed by atoms with E-state index in [0.717, 1.165) is 0 Å². The minimum atomic E-state index is -1.07. The van der Waals surface area contributed by atoms with E-state index < -0.39 is 77.7 Å². The van der Waals surface area contributed by atoms with Crippen molar-refractivity contribution in [2.45, 2.75) is 169 Å². The average molecular weight is 862 g/mol. The molecular formula is C42H75N11O8. The number of aliphatic imine (C=N–C) groups is 1. The molecule has 0 aromatic heterocycles. The van der Waals surface area contributed by atoms with Gasteiger partial charge in [0, 0.05) is 33.1 Å². The number of amides is 8. The highest BCUT2D eigenvalue weighted by molar-refractivity contribution is 5.98. The molecule has 0 aromatic rings. The highest BCUT2D eigenvalue weighted by Crippen LogP contribution is 2.23. The SMILES string of the molecule is CCC[C@H](NC(=O)[C@H](NC(=O)[C@H](NC(=O)[C@@H](NC(C)=O)C(C)C)[C@@H](C)CC)C(C)CC)C(=O)N1CCC[C@H]1C(=O)N[C@@H](CCCN=C(N)N)C(=O)N1CCC[C@H]1C(=O)NCC. The quantitative estimate of drug-likeness (QED) is 0.0370. The summed E-state index contributed by atoms with van der Waals surface area (Å²) < 4.78 is 0. The Morgan fingerprint density at radius 1 is 0.639 bits per heavy atom. The number of nitrogens with two attached hydrogens (primary N) is 2. The summed E-state index contributed by atoms with van der Waals surface area (Å²) in [5.41, 5.74) is 11.0. The zero-order valence-corrected chi connectivity index (χ0v) is 37.9. The van der Waals surface area contributed by atoms with E-state index in [1.807, 2.05) is 27.7 Å². The van der Waals surface area contributed by atoms with Crippen molar-refractivity contribution in [1.82, 2.24) is 41.7 Å². The fourth-order valence-electron chi connectivity index (χ4n) is 7.78. The minimum absolute atomic E-state index is 0.103. The van der Waals surface area contributed by atoms with Gasteiger partial charge in [-0.05, 0) is 69.6 Å². The average Bonchev–Trinajstić information content (AvgIpc) is 3.92. The first-order valence-electron chi connectivity index (χ1n) is 22.3. The number of likely N-dealkylation sites (N-methyl/N-ethyl adjacent to an activating group) is 1. The number of carbonyl (C=O) groups excluding carboxylic acids is 8. The van der Waals surface area contributed by atoms with E-state index in [1.54, 1.807) is 27.7 Å². The maximum atomic E-state index is 14.3. The fraction of sp³-hybridized carbons (Fsp3) is 0.786. The van der Waals surface area contributed by atoms with E-state index >= 15 is 0 Å². The Balaban J connectivity index is 2.32. The largest absolute Gasteiger partial charge is 0.370 e. The number of likely N-dealkylation sites (tertiary alicyclic amines) is 2. The van der Waals surface area contributed by atoms with Gasteiger partial charge in [0.1, 0.15) is 42.3 Å². The number of rotatable bonds is 24. The van der Waals surface area contributed by atoms with Crippen molar-refractivity contribution >= 4 is 53.2 Å². The van der Waals surface area contributed by atoms with Crippen LogP contribution in [0.5, 0.6) is 0 Å². The van der Waals surface area contributed by atoms with Crippen LogP contribution in [0.4, 0.5) is 0 Å². The first-order valence-corrected chi connectivity index (χ1v) is 22.3. The molecule has 2 aliphatic heterocycles. The van der Waals surface area contributed by atoms with Crippen LogP contribution in [0.3, 0.4) is 0 Å². The number of nitrogens with one attached hydrogen (secondary N) is 6. The first-order chi connectivity index (χ1) is 28.8. The number of hydrogen-bond donors (Lipinski definition) is 8. The Morgan fingerprint density at radius 3 is 1.56 bits per heavy atom. The lowest BCUT2D eigenvalue weighted by Gasteiger charge is -2.33. The molecule has 0 aliphatic carbocycles. The molecule has 2 aliphatic rings. The van der Waals surface area contributed by atoms with Gasteiger partial charge in [-0.2, -0.15) is 0 Å². The second-order valence-electron chi connectivity index (χ2n) is 16.8. The molecule has 19 heteroatoms. The van der Waals surface area contributed by atoms with Gasteiger partial charge in [0.2, 0.25) is 47.3 Å². The second-order valence-corrected chi connectivity index (χ2v) is 16.8. The Hall–Kier alpha value is -4.97. The molecule has 9 atom stereocenters. The van der Waals surface area contributed by atoms with Gasteiger partial charge >= 0.3 is 0 Å². The number of nitrogens with zero attached hydrogens (tertiary/aromatic N) is 3. The van der Waals surface area contributed by atoms with Gasteiger partial charge < -0.3 is 53.2 Å². The van der Waals surface area contributed by atoms with Gasteiger partial charge in [0.25, 0.3) is 0 Å². The van der Waals surface area contributed by atoms with E-state index in [4.69, 9.17) is 11.5 Å². The Kier molecular flexibility index (Phi) is 22.0. The zero-order chi connectivity index (χ0) is 46.0. The predicted octanol–water partition coefficient (Wildman–Crippen LogP) is 0.150. The molecule has 1 unspecified atom stereocenters. The summed E-state index contributed by atoms with van der Waals surface area (Å²) in [6, 6.07) is -6.58. The summed E-state index contributed by atoms with van der Waals surface area (Å²) >= 11 is 0. The Labute approximate surface area is 361 Å². The van der Waals surface area contributed by atoms with Crippen molar-refractivity contribution in [1.29, 1.82) is 0 Å². The number of hydrogen-bond acceptors (Lipinski definition) is 9. The molecule has 0 bridgehead atoms. The lowest BCUT2D eigenvalue weighted by Crippen LogP contribution is -2.61. The van der Waals surface area contributed by atoms with Crippen LogP contribution in [0.15, 0.2) is 4.99 Å². The van der Waals surface area contributed by atoms with Gasteiger partial charge in [-0.25, -0.2) is 0 Å². The molecule has 2 heterocycles. The first kappa shape index (κ1) is 52.2. The van der Waals surface area contributed by atoms with Crippen LogP contribution >= 0.6 is 0 Å². The van der Waals surface area contributed by atoms with Gasteiger partial charge in [-0.3, -0.25) is 43.3 Å². The summed E-state index contributed by atoms with van der Waals surface area (Å²) in [4.78, 5) is 115.